The molecule has 1 amide bonds. The van der Waals surface area contributed by atoms with Crippen molar-refractivity contribution in [3.05, 3.63) is 33.7 Å². The number of aromatic amines is 1. The van der Waals surface area contributed by atoms with Gasteiger partial charge >= 0.3 is 0 Å². The summed E-state index contributed by atoms with van der Waals surface area (Å²) in [7, 11) is 0. The number of fused-ring (bicyclic) bond motifs is 1. The molecule has 0 aliphatic heterocycles. The summed E-state index contributed by atoms with van der Waals surface area (Å²) < 4.78 is 0. The second kappa shape index (κ2) is 4.49. The number of hydrogen-bond acceptors (Lipinski definition) is 3. The number of carbonyl (C=O) groups excluding carboxylic acids is 1. The van der Waals surface area contributed by atoms with E-state index in [9.17, 15) is 9.59 Å². The van der Waals surface area contributed by atoms with Gasteiger partial charge in [-0.2, -0.15) is 0 Å². The topological polar surface area (TPSA) is 88.0 Å². The Kier molecular flexibility index (Phi) is 3.05. The fourth-order valence-corrected chi connectivity index (χ4v) is 2.14. The third-order valence-corrected chi connectivity index (χ3v) is 2.85. The molecule has 0 fully saturated rings. The summed E-state index contributed by atoms with van der Waals surface area (Å²) >= 11 is 0. The van der Waals surface area contributed by atoms with Crippen LogP contribution >= 0.6 is 0 Å². The zero-order valence-corrected chi connectivity index (χ0v) is 8.95. The van der Waals surface area contributed by atoms with Crippen LogP contribution in [0.25, 0.3) is 0 Å². The molecular weight excluding hydrogens is 206 g/mol. The number of H-pyrrole nitrogens is 1. The van der Waals surface area contributed by atoms with Gasteiger partial charge in [0.1, 0.15) is 0 Å². The Labute approximate surface area is 93.0 Å². The molecule has 0 saturated heterocycles. The predicted octanol–water partition coefficient (Wildman–Crippen LogP) is -0.173. The summed E-state index contributed by atoms with van der Waals surface area (Å²) in [5.74, 6) is -0.364. The van der Waals surface area contributed by atoms with Crippen LogP contribution in [0, 0.1) is 0 Å². The number of aromatic nitrogens is 1. The lowest BCUT2D eigenvalue weighted by atomic mass is 9.91. The number of nitrogens with one attached hydrogen (secondary N) is 2. The Bertz CT molecular complexity index is 453. The highest BCUT2D eigenvalue weighted by atomic mass is 16.1. The number of nitrogens with two attached hydrogens (primary N) is 1. The average molecular weight is 221 g/mol. The van der Waals surface area contributed by atoms with Crippen LogP contribution in [0.1, 0.15) is 30.1 Å². The maximum absolute atomic E-state index is 11.2. The van der Waals surface area contributed by atoms with Gasteiger partial charge in [-0.1, -0.05) is 6.07 Å². The molecule has 1 aromatic rings. The lowest BCUT2D eigenvalue weighted by Crippen LogP contribution is -2.34. The summed E-state index contributed by atoms with van der Waals surface area (Å²) in [6.45, 7) is 0.170. The highest BCUT2D eigenvalue weighted by molar-refractivity contribution is 5.75. The van der Waals surface area contributed by atoms with Gasteiger partial charge in [-0.15, -0.1) is 0 Å². The third kappa shape index (κ3) is 2.30. The van der Waals surface area contributed by atoms with Crippen molar-refractivity contribution in [2.24, 2.45) is 5.73 Å². The van der Waals surface area contributed by atoms with Crippen LogP contribution in [0.5, 0.6) is 0 Å². The lowest BCUT2D eigenvalue weighted by molar-refractivity contribution is -0.117. The quantitative estimate of drug-likeness (QED) is 0.662. The summed E-state index contributed by atoms with van der Waals surface area (Å²) in [4.78, 5) is 24.7. The van der Waals surface area contributed by atoms with Crippen LogP contribution in [-0.2, 0) is 11.2 Å². The minimum Gasteiger partial charge on any atom is -0.369 e. The fraction of sp³-hybridized carbons (Fsp3) is 0.455. The molecule has 0 spiro atoms. The molecule has 1 aliphatic carbocycles. The Morgan fingerprint density at radius 1 is 1.56 bits per heavy atom. The monoisotopic (exact) mass is 221 g/mol. The van der Waals surface area contributed by atoms with Crippen LogP contribution in [-0.4, -0.2) is 17.4 Å². The molecule has 1 aliphatic rings. The smallest absolute Gasteiger partial charge is 0.248 e. The molecule has 2 rings (SSSR count). The van der Waals surface area contributed by atoms with E-state index in [0.717, 1.165) is 30.5 Å². The van der Waals surface area contributed by atoms with Gasteiger partial charge in [0.15, 0.2) is 0 Å². The molecule has 5 nitrogen and oxygen atoms in total. The van der Waals surface area contributed by atoms with E-state index in [2.05, 4.69) is 10.3 Å². The van der Waals surface area contributed by atoms with Crippen LogP contribution in [0.15, 0.2) is 16.9 Å². The van der Waals surface area contributed by atoms with Crippen LogP contribution < -0.4 is 16.6 Å². The van der Waals surface area contributed by atoms with E-state index in [4.69, 9.17) is 5.73 Å². The number of carbonyl (C=O) groups is 1. The largest absolute Gasteiger partial charge is 0.369 e. The number of amides is 1. The molecule has 0 saturated carbocycles. The summed E-state index contributed by atoms with van der Waals surface area (Å²) in [5, 5.41) is 3.10. The molecule has 16 heavy (non-hydrogen) atoms. The average Bonchev–Trinajstić information content (AvgIpc) is 2.25. The third-order valence-electron chi connectivity index (χ3n) is 2.85. The maximum Gasteiger partial charge on any atom is 0.248 e. The second-order valence-corrected chi connectivity index (χ2v) is 4.05. The zero-order chi connectivity index (χ0) is 11.5. The van der Waals surface area contributed by atoms with Gasteiger partial charge in [-0.25, -0.2) is 0 Å². The summed E-state index contributed by atoms with van der Waals surface area (Å²) in [6, 6.07) is 3.46. The molecule has 0 aromatic carbocycles. The van der Waals surface area contributed by atoms with Gasteiger partial charge in [0, 0.05) is 17.8 Å². The number of primary amides is 1. The van der Waals surface area contributed by atoms with E-state index in [1.54, 1.807) is 0 Å². The van der Waals surface area contributed by atoms with E-state index in [1.807, 2.05) is 6.07 Å². The van der Waals surface area contributed by atoms with Crippen molar-refractivity contribution in [3.8, 4) is 0 Å². The first-order valence-electron chi connectivity index (χ1n) is 5.40. The molecule has 1 heterocycles. The number of rotatable bonds is 3. The van der Waals surface area contributed by atoms with Crippen LogP contribution in [0.4, 0.5) is 0 Å². The molecule has 4 N–H and O–H groups in total. The second-order valence-electron chi connectivity index (χ2n) is 4.05. The Morgan fingerprint density at radius 3 is 3.12 bits per heavy atom. The van der Waals surface area contributed by atoms with Gasteiger partial charge in [0.2, 0.25) is 11.5 Å². The molecule has 1 unspecified atom stereocenters. The minimum absolute atomic E-state index is 0.0747. The van der Waals surface area contributed by atoms with Crippen molar-refractivity contribution in [1.29, 1.82) is 0 Å². The van der Waals surface area contributed by atoms with Gasteiger partial charge in [-0.05, 0) is 24.8 Å². The number of pyridine rings is 1. The van der Waals surface area contributed by atoms with Gasteiger partial charge in [0.25, 0.3) is 0 Å². The number of hydrogen-bond donors (Lipinski definition) is 3. The first-order chi connectivity index (χ1) is 7.66. The lowest BCUT2D eigenvalue weighted by Gasteiger charge is -2.25. The Morgan fingerprint density at radius 2 is 2.38 bits per heavy atom. The molecule has 5 heteroatoms. The number of aryl methyl sites for hydroxylation is 1. The molecule has 1 atom stereocenters. The van der Waals surface area contributed by atoms with E-state index < -0.39 is 0 Å². The Balaban J connectivity index is 2.19. The van der Waals surface area contributed by atoms with E-state index >= 15 is 0 Å². The fourth-order valence-electron chi connectivity index (χ4n) is 2.14. The van der Waals surface area contributed by atoms with Crippen molar-refractivity contribution >= 4 is 5.91 Å². The van der Waals surface area contributed by atoms with Crippen molar-refractivity contribution in [2.75, 3.05) is 6.54 Å². The summed E-state index contributed by atoms with van der Waals surface area (Å²) in [5.41, 5.74) is 7.07. The molecule has 0 bridgehead atoms. The van der Waals surface area contributed by atoms with Crippen molar-refractivity contribution in [2.45, 2.75) is 25.3 Å². The first kappa shape index (κ1) is 10.9. The normalized spacial score (nSPS) is 19.1. The first-order valence-corrected chi connectivity index (χ1v) is 5.40. The van der Waals surface area contributed by atoms with Gasteiger partial charge < -0.3 is 16.0 Å². The molecule has 0 radical (unpaired) electrons. The van der Waals surface area contributed by atoms with E-state index in [0.29, 0.717) is 0 Å². The highest BCUT2D eigenvalue weighted by Crippen LogP contribution is 2.26. The summed E-state index contributed by atoms with van der Waals surface area (Å²) in [6.07, 6.45) is 2.86. The van der Waals surface area contributed by atoms with Crippen LogP contribution in [0.2, 0.25) is 0 Å². The Hall–Kier alpha value is -1.62. The van der Waals surface area contributed by atoms with Crippen molar-refractivity contribution in [1.82, 2.24) is 10.3 Å². The standard InChI is InChI=1S/C11H15N3O2/c12-10(15)6-13-8-2-1-3-9-7(8)4-5-11(16)14-9/h4-5,8,13H,1-3,6H2,(H2,12,15)(H,14,16). The SMILES string of the molecule is NC(=O)CNC1CCCc2[nH]c(=O)ccc21. The molecule has 1 aromatic heterocycles. The molecular formula is C11H15N3O2. The highest BCUT2D eigenvalue weighted by Gasteiger charge is 2.20. The van der Waals surface area contributed by atoms with Crippen LogP contribution in [0.3, 0.4) is 0 Å². The maximum atomic E-state index is 11.2. The van der Waals surface area contributed by atoms with Gasteiger partial charge in [-0.3, -0.25) is 9.59 Å². The van der Waals surface area contributed by atoms with Gasteiger partial charge in [0.05, 0.1) is 6.54 Å². The van der Waals surface area contributed by atoms with Crippen molar-refractivity contribution in [3.63, 3.8) is 0 Å². The van der Waals surface area contributed by atoms with E-state index in [-0.39, 0.29) is 24.1 Å². The minimum atomic E-state index is -0.364. The predicted molar refractivity (Wildman–Crippen MR) is 59.9 cm³/mol. The van der Waals surface area contributed by atoms with E-state index in [1.165, 1.54) is 6.07 Å². The van der Waals surface area contributed by atoms with Crippen molar-refractivity contribution < 1.29 is 4.79 Å². The zero-order valence-electron chi connectivity index (χ0n) is 8.95. The molecule has 86 valence electrons.